The Morgan fingerprint density at radius 2 is 1.62 bits per heavy atom. The van der Waals surface area contributed by atoms with Crippen molar-refractivity contribution >= 4 is 5.78 Å². The van der Waals surface area contributed by atoms with Crippen molar-refractivity contribution in [2.24, 2.45) is 5.92 Å². The number of carbonyl (C=O) groups is 1. The molecule has 2 aliphatic heterocycles. The molecule has 2 fully saturated rings. The van der Waals surface area contributed by atoms with E-state index in [0.717, 1.165) is 19.4 Å². The van der Waals surface area contributed by atoms with E-state index in [1.165, 1.54) is 18.4 Å². The Bertz CT molecular complexity index is 779. The minimum atomic E-state index is -0.195. The Labute approximate surface area is 155 Å². The maximum Gasteiger partial charge on any atom is 0.166 e. The summed E-state index contributed by atoms with van der Waals surface area (Å²) in [7, 11) is 0. The lowest BCUT2D eigenvalue weighted by molar-refractivity contribution is 0.0678. The molecule has 2 nitrogen and oxygen atoms in total. The fraction of sp³-hybridized carbons (Fsp3) is 0.435. The molecule has 2 unspecified atom stereocenters. The molecule has 0 amide bonds. The molecule has 4 rings (SSSR count). The van der Waals surface area contributed by atoms with E-state index in [4.69, 9.17) is 0 Å². The lowest BCUT2D eigenvalue weighted by Gasteiger charge is -2.38. The van der Waals surface area contributed by atoms with Crippen molar-refractivity contribution in [2.45, 2.75) is 58.2 Å². The number of piperidine rings is 1. The van der Waals surface area contributed by atoms with Gasteiger partial charge in [0.25, 0.3) is 0 Å². The highest BCUT2D eigenvalue weighted by Crippen LogP contribution is 2.40. The molecular formula is C23H26FNO. The first-order valence-corrected chi connectivity index (χ1v) is 9.63. The maximum atomic E-state index is 13.9. The van der Waals surface area contributed by atoms with Crippen LogP contribution in [0, 0.1) is 25.6 Å². The first-order valence-electron chi connectivity index (χ1n) is 9.63. The van der Waals surface area contributed by atoms with Gasteiger partial charge in [-0.05, 0) is 68.4 Å². The Balaban J connectivity index is 1.49. The lowest BCUT2D eigenvalue weighted by atomic mass is 9.84. The van der Waals surface area contributed by atoms with Crippen LogP contribution >= 0.6 is 0 Å². The van der Waals surface area contributed by atoms with Crippen molar-refractivity contribution in [3.05, 3.63) is 70.5 Å². The highest BCUT2D eigenvalue weighted by atomic mass is 19.1. The fourth-order valence-corrected chi connectivity index (χ4v) is 4.86. The third kappa shape index (κ3) is 3.21. The van der Waals surface area contributed by atoms with Crippen LogP contribution in [0.4, 0.5) is 4.39 Å². The molecule has 0 aromatic heterocycles. The zero-order chi connectivity index (χ0) is 18.3. The number of hydrogen-bond acceptors (Lipinski definition) is 2. The van der Waals surface area contributed by atoms with Gasteiger partial charge in [-0.15, -0.1) is 0 Å². The smallest absolute Gasteiger partial charge is 0.166 e. The number of aryl methyl sites for hydroxylation is 2. The van der Waals surface area contributed by atoms with Crippen LogP contribution in [-0.2, 0) is 6.54 Å². The van der Waals surface area contributed by atoms with Crippen molar-refractivity contribution < 1.29 is 9.18 Å². The number of rotatable bonds is 4. The van der Waals surface area contributed by atoms with Crippen molar-refractivity contribution in [3.8, 4) is 0 Å². The second-order valence-electron chi connectivity index (χ2n) is 8.00. The highest BCUT2D eigenvalue weighted by molar-refractivity contribution is 5.98. The van der Waals surface area contributed by atoms with Crippen LogP contribution in [-0.4, -0.2) is 22.8 Å². The molecule has 2 aliphatic rings. The predicted octanol–water partition coefficient (Wildman–Crippen LogP) is 5.07. The lowest BCUT2D eigenvalue weighted by Crippen LogP contribution is -2.44. The average molecular weight is 351 g/mol. The second kappa shape index (κ2) is 6.96. The Morgan fingerprint density at radius 3 is 2.19 bits per heavy atom. The van der Waals surface area contributed by atoms with E-state index in [1.807, 2.05) is 0 Å². The van der Waals surface area contributed by atoms with Crippen LogP contribution in [0.15, 0.2) is 42.5 Å². The van der Waals surface area contributed by atoms with E-state index in [0.29, 0.717) is 28.8 Å². The molecule has 2 saturated heterocycles. The molecular weight excluding hydrogens is 325 g/mol. The van der Waals surface area contributed by atoms with Crippen molar-refractivity contribution in [2.75, 3.05) is 0 Å². The van der Waals surface area contributed by atoms with Crippen LogP contribution in [0.5, 0.6) is 0 Å². The van der Waals surface area contributed by atoms with Gasteiger partial charge in [-0.2, -0.15) is 0 Å². The standard InChI is InChI=1S/C23H26FNO/c1-15-10-18(11-16(2)22(15)24)23(26)19-12-20-8-9-21(13-19)25(20)14-17-6-4-3-5-7-17/h3-7,10-11,19-21H,8-9,12-14H2,1-2H3. The molecule has 2 heterocycles. The summed E-state index contributed by atoms with van der Waals surface area (Å²) in [5, 5.41) is 0. The zero-order valence-electron chi connectivity index (χ0n) is 15.5. The molecule has 136 valence electrons. The summed E-state index contributed by atoms with van der Waals surface area (Å²) in [5.41, 5.74) is 3.16. The molecule has 2 atom stereocenters. The number of fused-ring (bicyclic) bond motifs is 2. The summed E-state index contributed by atoms with van der Waals surface area (Å²) >= 11 is 0. The predicted molar refractivity (Wildman–Crippen MR) is 102 cm³/mol. The molecule has 2 aromatic rings. The van der Waals surface area contributed by atoms with Crippen LogP contribution in [0.2, 0.25) is 0 Å². The topological polar surface area (TPSA) is 20.3 Å². The summed E-state index contributed by atoms with van der Waals surface area (Å²) < 4.78 is 13.9. The van der Waals surface area contributed by atoms with Gasteiger partial charge in [-0.3, -0.25) is 9.69 Å². The summed E-state index contributed by atoms with van der Waals surface area (Å²) in [6, 6.07) is 15.0. The second-order valence-corrected chi connectivity index (χ2v) is 8.00. The number of carbonyl (C=O) groups excluding carboxylic acids is 1. The van der Waals surface area contributed by atoms with Crippen molar-refractivity contribution in [1.82, 2.24) is 4.90 Å². The van der Waals surface area contributed by atoms with Gasteiger partial charge in [0, 0.05) is 30.1 Å². The molecule has 0 aliphatic carbocycles. The van der Waals surface area contributed by atoms with Crippen molar-refractivity contribution in [3.63, 3.8) is 0 Å². The Kier molecular flexibility index (Phi) is 4.66. The number of hydrogen-bond donors (Lipinski definition) is 0. The average Bonchev–Trinajstić information content (AvgIpc) is 2.87. The number of halogens is 1. The number of benzene rings is 2. The minimum absolute atomic E-state index is 0.0729. The summed E-state index contributed by atoms with van der Waals surface area (Å²) in [6.07, 6.45) is 4.22. The molecule has 0 N–H and O–H groups in total. The SMILES string of the molecule is Cc1cc(C(=O)C2CC3CCC(C2)N3Cc2ccccc2)cc(C)c1F. The van der Waals surface area contributed by atoms with Gasteiger partial charge in [0.05, 0.1) is 0 Å². The van der Waals surface area contributed by atoms with Crippen molar-refractivity contribution in [1.29, 1.82) is 0 Å². The summed E-state index contributed by atoms with van der Waals surface area (Å²) in [6.45, 7) is 4.46. The number of ketones is 1. The van der Waals surface area contributed by atoms with Gasteiger partial charge in [-0.25, -0.2) is 4.39 Å². The Hall–Kier alpha value is -2.00. The van der Waals surface area contributed by atoms with Crippen LogP contribution in [0.1, 0.15) is 52.7 Å². The van der Waals surface area contributed by atoms with Gasteiger partial charge >= 0.3 is 0 Å². The van der Waals surface area contributed by atoms with E-state index in [2.05, 4.69) is 35.2 Å². The number of Topliss-reactive ketones (excluding diaryl/α,β-unsaturated/α-hetero) is 1. The quantitative estimate of drug-likeness (QED) is 0.717. The number of nitrogens with zero attached hydrogens (tertiary/aromatic N) is 1. The van der Waals surface area contributed by atoms with Gasteiger partial charge in [-0.1, -0.05) is 30.3 Å². The zero-order valence-corrected chi connectivity index (χ0v) is 15.5. The summed E-state index contributed by atoms with van der Waals surface area (Å²) in [4.78, 5) is 15.7. The summed E-state index contributed by atoms with van der Waals surface area (Å²) in [5.74, 6) is 0.0792. The third-order valence-electron chi connectivity index (χ3n) is 6.18. The normalized spacial score (nSPS) is 25.4. The van der Waals surface area contributed by atoms with Crippen LogP contribution in [0.3, 0.4) is 0 Å². The molecule has 2 bridgehead atoms. The van der Waals surface area contributed by atoms with Gasteiger partial charge in [0.1, 0.15) is 5.82 Å². The van der Waals surface area contributed by atoms with E-state index in [9.17, 15) is 9.18 Å². The minimum Gasteiger partial charge on any atom is -0.294 e. The van der Waals surface area contributed by atoms with E-state index in [-0.39, 0.29) is 17.5 Å². The monoisotopic (exact) mass is 351 g/mol. The first-order chi connectivity index (χ1) is 12.5. The molecule has 0 spiro atoms. The van der Waals surface area contributed by atoms with Gasteiger partial charge < -0.3 is 0 Å². The third-order valence-corrected chi connectivity index (χ3v) is 6.18. The molecule has 26 heavy (non-hydrogen) atoms. The Morgan fingerprint density at radius 1 is 1.04 bits per heavy atom. The molecule has 0 saturated carbocycles. The van der Waals surface area contributed by atoms with Gasteiger partial charge in [0.15, 0.2) is 5.78 Å². The van der Waals surface area contributed by atoms with Gasteiger partial charge in [0.2, 0.25) is 0 Å². The largest absolute Gasteiger partial charge is 0.294 e. The molecule has 2 aromatic carbocycles. The first kappa shape index (κ1) is 17.4. The van der Waals surface area contributed by atoms with Crippen LogP contribution < -0.4 is 0 Å². The highest BCUT2D eigenvalue weighted by Gasteiger charge is 2.42. The van der Waals surface area contributed by atoms with E-state index >= 15 is 0 Å². The van der Waals surface area contributed by atoms with E-state index < -0.39 is 0 Å². The molecule has 0 radical (unpaired) electrons. The van der Waals surface area contributed by atoms with Crippen LogP contribution in [0.25, 0.3) is 0 Å². The fourth-order valence-electron chi connectivity index (χ4n) is 4.86. The maximum absolute atomic E-state index is 13.9. The van der Waals surface area contributed by atoms with E-state index in [1.54, 1.807) is 26.0 Å². The molecule has 3 heteroatoms.